The van der Waals surface area contributed by atoms with E-state index in [0.717, 1.165) is 5.69 Å². The molecule has 10 heteroatoms. The summed E-state index contributed by atoms with van der Waals surface area (Å²) in [4.78, 5) is 30.1. The van der Waals surface area contributed by atoms with Crippen LogP contribution in [0.15, 0.2) is 46.5 Å². The molecule has 1 aromatic carbocycles. The average molecular weight is 415 g/mol. The van der Waals surface area contributed by atoms with Crippen molar-refractivity contribution in [3.63, 3.8) is 0 Å². The third kappa shape index (κ3) is 3.78. The summed E-state index contributed by atoms with van der Waals surface area (Å²) in [5, 5.41) is 8.16. The van der Waals surface area contributed by atoms with Crippen LogP contribution in [0.5, 0.6) is 0 Å². The van der Waals surface area contributed by atoms with E-state index in [9.17, 15) is 9.59 Å². The van der Waals surface area contributed by atoms with Crippen LogP contribution in [0.2, 0.25) is 0 Å². The minimum Gasteiger partial charge on any atom is -0.354 e. The van der Waals surface area contributed by atoms with Crippen molar-refractivity contribution in [2.75, 3.05) is 26.5 Å². The van der Waals surface area contributed by atoms with Gasteiger partial charge in [-0.05, 0) is 12.1 Å². The number of nitrogens with one attached hydrogen (secondary N) is 1. The Hall–Kier alpha value is -2.69. The SMILES string of the molecule is COC(CNC(=O)CC1CSc2nc3c(cnn3-c3ccccc3)c(=O)n21)OC. The fraction of sp³-hybridized carbons (Fsp3) is 0.368. The molecular formula is C19H21N5O4S. The lowest BCUT2D eigenvalue weighted by molar-refractivity contribution is -0.128. The number of aromatic nitrogens is 4. The summed E-state index contributed by atoms with van der Waals surface area (Å²) < 4.78 is 13.4. The molecule has 0 bridgehead atoms. The van der Waals surface area contributed by atoms with Gasteiger partial charge in [0.05, 0.1) is 24.5 Å². The number of fused-ring (bicyclic) bond motifs is 2. The van der Waals surface area contributed by atoms with Gasteiger partial charge in [0, 0.05) is 26.4 Å². The lowest BCUT2D eigenvalue weighted by atomic mass is 10.2. The number of thioether (sulfide) groups is 1. The summed E-state index contributed by atoms with van der Waals surface area (Å²) in [5.41, 5.74) is 1.18. The summed E-state index contributed by atoms with van der Waals surface area (Å²) >= 11 is 1.47. The van der Waals surface area contributed by atoms with Gasteiger partial charge in [0.15, 0.2) is 17.1 Å². The van der Waals surface area contributed by atoms with Gasteiger partial charge in [-0.3, -0.25) is 14.2 Å². The maximum absolute atomic E-state index is 13.1. The summed E-state index contributed by atoms with van der Waals surface area (Å²) in [7, 11) is 3.02. The molecule has 2 aromatic heterocycles. The van der Waals surface area contributed by atoms with E-state index < -0.39 is 6.29 Å². The standard InChI is InChI=1S/C19H21N5O4S/c1-27-16(28-2)10-20-15(25)8-13-11-29-19-22-17-14(18(26)23(13)19)9-21-24(17)12-6-4-3-5-7-12/h3-7,9,13,16H,8,10-11H2,1-2H3,(H,20,25). The summed E-state index contributed by atoms with van der Waals surface area (Å²) in [5.74, 6) is 0.438. The zero-order chi connectivity index (χ0) is 20.4. The Morgan fingerprint density at radius 2 is 2.07 bits per heavy atom. The first kappa shape index (κ1) is 19.6. The second-order valence-electron chi connectivity index (χ2n) is 6.57. The van der Waals surface area contributed by atoms with Gasteiger partial charge in [0.25, 0.3) is 5.56 Å². The number of hydrogen-bond donors (Lipinski definition) is 1. The van der Waals surface area contributed by atoms with Crippen LogP contribution in [0.25, 0.3) is 16.7 Å². The molecule has 1 N–H and O–H groups in total. The molecule has 0 spiro atoms. The first-order valence-corrected chi connectivity index (χ1v) is 10.1. The van der Waals surface area contributed by atoms with Crippen LogP contribution >= 0.6 is 11.8 Å². The molecule has 0 radical (unpaired) electrons. The second kappa shape index (κ2) is 8.36. The molecule has 3 heterocycles. The summed E-state index contributed by atoms with van der Waals surface area (Å²) in [6.45, 7) is 0.245. The monoisotopic (exact) mass is 415 g/mol. The molecule has 1 amide bonds. The van der Waals surface area contributed by atoms with Crippen molar-refractivity contribution in [3.05, 3.63) is 46.9 Å². The number of methoxy groups -OCH3 is 2. The van der Waals surface area contributed by atoms with E-state index in [1.165, 1.54) is 32.2 Å². The van der Waals surface area contributed by atoms with Gasteiger partial charge in [-0.2, -0.15) is 5.10 Å². The largest absolute Gasteiger partial charge is 0.354 e. The molecule has 4 rings (SSSR count). The Bertz CT molecular complexity index is 1080. The van der Waals surface area contributed by atoms with Crippen LogP contribution in [0.3, 0.4) is 0 Å². The van der Waals surface area contributed by atoms with Crippen LogP contribution in [0.4, 0.5) is 0 Å². The zero-order valence-electron chi connectivity index (χ0n) is 16.1. The first-order valence-electron chi connectivity index (χ1n) is 9.13. The Morgan fingerprint density at radius 1 is 1.31 bits per heavy atom. The quantitative estimate of drug-likeness (QED) is 0.459. The molecule has 0 saturated carbocycles. The highest BCUT2D eigenvalue weighted by molar-refractivity contribution is 7.99. The number of para-hydroxylation sites is 1. The van der Waals surface area contributed by atoms with E-state index in [2.05, 4.69) is 15.4 Å². The van der Waals surface area contributed by atoms with Gasteiger partial charge in [-0.1, -0.05) is 30.0 Å². The van der Waals surface area contributed by atoms with E-state index >= 15 is 0 Å². The molecule has 1 atom stereocenters. The highest BCUT2D eigenvalue weighted by atomic mass is 32.2. The highest BCUT2D eigenvalue weighted by Crippen LogP contribution is 2.33. The van der Waals surface area contributed by atoms with Crippen LogP contribution in [-0.4, -0.2) is 58.0 Å². The Morgan fingerprint density at radius 3 is 2.79 bits per heavy atom. The van der Waals surface area contributed by atoms with Crippen molar-refractivity contribution < 1.29 is 14.3 Å². The maximum atomic E-state index is 13.1. The van der Waals surface area contributed by atoms with Gasteiger partial charge in [0.1, 0.15) is 5.39 Å². The number of carbonyl (C=O) groups is 1. The van der Waals surface area contributed by atoms with Crippen LogP contribution < -0.4 is 10.9 Å². The maximum Gasteiger partial charge on any atom is 0.265 e. The predicted molar refractivity (Wildman–Crippen MR) is 108 cm³/mol. The Labute approximate surface area is 171 Å². The number of carbonyl (C=O) groups excluding carboxylic acids is 1. The normalized spacial score (nSPS) is 15.8. The number of hydrogen-bond acceptors (Lipinski definition) is 7. The van der Waals surface area contributed by atoms with E-state index in [1.54, 1.807) is 9.25 Å². The molecule has 1 unspecified atom stereocenters. The van der Waals surface area contributed by atoms with Gasteiger partial charge < -0.3 is 14.8 Å². The second-order valence-corrected chi connectivity index (χ2v) is 7.56. The lowest BCUT2D eigenvalue weighted by Crippen LogP contribution is -2.36. The van der Waals surface area contributed by atoms with Crippen molar-refractivity contribution in [1.82, 2.24) is 24.6 Å². The lowest BCUT2D eigenvalue weighted by Gasteiger charge is -2.16. The molecule has 9 nitrogen and oxygen atoms in total. The van der Waals surface area contributed by atoms with Crippen LogP contribution in [0.1, 0.15) is 12.5 Å². The summed E-state index contributed by atoms with van der Waals surface area (Å²) in [6, 6.07) is 9.29. The summed E-state index contributed by atoms with van der Waals surface area (Å²) in [6.07, 6.45) is 1.21. The van der Waals surface area contributed by atoms with Gasteiger partial charge >= 0.3 is 0 Å². The highest BCUT2D eigenvalue weighted by Gasteiger charge is 2.29. The number of amides is 1. The van der Waals surface area contributed by atoms with E-state index in [-0.39, 0.29) is 30.5 Å². The van der Waals surface area contributed by atoms with Crippen LogP contribution in [-0.2, 0) is 14.3 Å². The van der Waals surface area contributed by atoms with E-state index in [0.29, 0.717) is 21.9 Å². The zero-order valence-corrected chi connectivity index (χ0v) is 16.9. The molecule has 0 aliphatic carbocycles. The average Bonchev–Trinajstić information content (AvgIpc) is 3.34. The third-order valence-electron chi connectivity index (χ3n) is 4.78. The molecule has 3 aromatic rings. The van der Waals surface area contributed by atoms with Gasteiger partial charge in [0.2, 0.25) is 5.91 Å². The molecule has 152 valence electrons. The van der Waals surface area contributed by atoms with E-state index in [1.807, 2.05) is 30.3 Å². The fourth-order valence-corrected chi connectivity index (χ4v) is 4.42. The first-order chi connectivity index (χ1) is 14.1. The van der Waals surface area contributed by atoms with Crippen molar-refractivity contribution >= 4 is 28.7 Å². The number of nitrogens with zero attached hydrogens (tertiary/aromatic N) is 4. The molecular weight excluding hydrogens is 394 g/mol. The minimum atomic E-state index is -0.503. The Kier molecular flexibility index (Phi) is 5.65. The molecule has 1 aliphatic rings. The smallest absolute Gasteiger partial charge is 0.265 e. The molecule has 0 saturated heterocycles. The van der Waals surface area contributed by atoms with Crippen molar-refractivity contribution in [2.24, 2.45) is 0 Å². The topological polar surface area (TPSA) is 100 Å². The molecule has 1 aliphatic heterocycles. The number of benzene rings is 1. The third-order valence-corrected chi connectivity index (χ3v) is 5.88. The van der Waals surface area contributed by atoms with Crippen molar-refractivity contribution in [2.45, 2.75) is 23.9 Å². The molecule has 29 heavy (non-hydrogen) atoms. The molecule has 0 fully saturated rings. The van der Waals surface area contributed by atoms with Crippen LogP contribution in [0, 0.1) is 0 Å². The van der Waals surface area contributed by atoms with Crippen molar-refractivity contribution in [1.29, 1.82) is 0 Å². The number of rotatable bonds is 7. The van der Waals surface area contributed by atoms with Gasteiger partial charge in [-0.15, -0.1) is 0 Å². The number of ether oxygens (including phenoxy) is 2. The van der Waals surface area contributed by atoms with E-state index in [4.69, 9.17) is 9.47 Å². The van der Waals surface area contributed by atoms with Gasteiger partial charge in [-0.25, -0.2) is 9.67 Å². The predicted octanol–water partition coefficient (Wildman–Crippen LogP) is 1.35. The minimum absolute atomic E-state index is 0.172. The van der Waals surface area contributed by atoms with Crippen molar-refractivity contribution in [3.8, 4) is 5.69 Å². The fourth-order valence-electron chi connectivity index (χ4n) is 3.29. The Balaban J connectivity index is 1.59.